The predicted octanol–water partition coefficient (Wildman–Crippen LogP) is 7.34. The molecule has 0 N–H and O–H groups in total. The molecule has 0 aromatic heterocycles. The second-order valence-corrected chi connectivity index (χ2v) is 9.28. The van der Waals surface area contributed by atoms with Crippen molar-refractivity contribution >= 4 is 22.8 Å². The lowest BCUT2D eigenvalue weighted by Crippen LogP contribution is -2.25. The summed E-state index contributed by atoms with van der Waals surface area (Å²) in [6, 6.07) is 19.7. The van der Waals surface area contributed by atoms with Crippen molar-refractivity contribution in [3.8, 4) is 6.07 Å². The minimum absolute atomic E-state index is 0.159. The van der Waals surface area contributed by atoms with Crippen LogP contribution in [-0.2, 0) is 0 Å². The Labute approximate surface area is 199 Å². The van der Waals surface area contributed by atoms with E-state index in [4.69, 9.17) is 0 Å². The highest BCUT2D eigenvalue weighted by atomic mass is 14.2. The maximum Gasteiger partial charge on any atom is 0.0631 e. The summed E-state index contributed by atoms with van der Waals surface area (Å²) in [6.07, 6.45) is 22.4. The fraction of sp³-hybridized carbons (Fsp3) is 0.344. The van der Waals surface area contributed by atoms with Gasteiger partial charge in [0.15, 0.2) is 0 Å². The van der Waals surface area contributed by atoms with Crippen LogP contribution in [0.2, 0.25) is 0 Å². The van der Waals surface area contributed by atoms with E-state index >= 15 is 0 Å². The third-order valence-corrected chi connectivity index (χ3v) is 6.79. The summed E-state index contributed by atoms with van der Waals surface area (Å²) in [7, 11) is 0. The smallest absolute Gasteiger partial charge is 0.0631 e. The van der Waals surface area contributed by atoms with Crippen LogP contribution in [-0.4, -0.2) is 0 Å². The van der Waals surface area contributed by atoms with Gasteiger partial charge in [-0.2, -0.15) is 5.26 Å². The Kier molecular flexibility index (Phi) is 8.15. The molecule has 1 nitrogen and oxygen atoms in total. The summed E-state index contributed by atoms with van der Waals surface area (Å²) in [5.74, 6) is 0.159. The van der Waals surface area contributed by atoms with Gasteiger partial charge < -0.3 is 0 Å². The molecule has 0 aliphatic heterocycles. The Bertz CT molecular complexity index is 1220. The van der Waals surface area contributed by atoms with Gasteiger partial charge in [0.1, 0.15) is 0 Å². The summed E-state index contributed by atoms with van der Waals surface area (Å²) in [5.41, 5.74) is 6.74. The van der Waals surface area contributed by atoms with Crippen LogP contribution in [0.5, 0.6) is 0 Å². The van der Waals surface area contributed by atoms with Crippen molar-refractivity contribution in [1.29, 1.82) is 5.26 Å². The van der Waals surface area contributed by atoms with Crippen LogP contribution in [0.25, 0.3) is 22.8 Å². The first kappa shape index (κ1) is 23.1. The van der Waals surface area contributed by atoms with E-state index in [0.29, 0.717) is 6.42 Å². The van der Waals surface area contributed by atoms with Gasteiger partial charge in [-0.3, -0.25) is 0 Å². The SMILES string of the molecule is CCCCCCCCCC1=C/C(=C\C2=c3ccccc3=CC(CC#N)C=C2)c2ccccc21. The molecular formula is C32H35N. The van der Waals surface area contributed by atoms with Crippen molar-refractivity contribution in [3.63, 3.8) is 0 Å². The van der Waals surface area contributed by atoms with E-state index in [0.717, 1.165) is 6.42 Å². The zero-order valence-corrected chi connectivity index (χ0v) is 19.9. The van der Waals surface area contributed by atoms with Gasteiger partial charge in [-0.05, 0) is 57.2 Å². The number of nitrogens with zero attached hydrogens (tertiary/aromatic N) is 1. The third kappa shape index (κ3) is 5.82. The Morgan fingerprint density at radius 2 is 1.61 bits per heavy atom. The Morgan fingerprint density at radius 3 is 2.42 bits per heavy atom. The van der Waals surface area contributed by atoms with Gasteiger partial charge in [-0.25, -0.2) is 0 Å². The number of rotatable bonds is 10. The summed E-state index contributed by atoms with van der Waals surface area (Å²) in [5, 5.41) is 11.7. The lowest BCUT2D eigenvalue weighted by Gasteiger charge is -2.06. The molecule has 2 aromatic rings. The number of fused-ring (bicyclic) bond motifs is 2. The highest BCUT2D eigenvalue weighted by Crippen LogP contribution is 2.38. The molecule has 0 amide bonds. The average molecular weight is 434 g/mol. The molecule has 0 spiro atoms. The Hall–Kier alpha value is -3.11. The van der Waals surface area contributed by atoms with Crippen molar-refractivity contribution in [1.82, 2.24) is 0 Å². The van der Waals surface area contributed by atoms with E-state index < -0.39 is 0 Å². The van der Waals surface area contributed by atoms with Crippen molar-refractivity contribution in [2.24, 2.45) is 5.92 Å². The van der Waals surface area contributed by atoms with E-state index in [1.165, 1.54) is 83.2 Å². The van der Waals surface area contributed by atoms with E-state index in [9.17, 15) is 5.26 Å². The van der Waals surface area contributed by atoms with Crippen LogP contribution < -0.4 is 10.4 Å². The predicted molar refractivity (Wildman–Crippen MR) is 141 cm³/mol. The highest BCUT2D eigenvalue weighted by molar-refractivity contribution is 5.99. The monoisotopic (exact) mass is 433 g/mol. The molecule has 33 heavy (non-hydrogen) atoms. The van der Waals surface area contributed by atoms with Crippen LogP contribution in [0, 0.1) is 17.2 Å². The molecule has 1 unspecified atom stereocenters. The first-order valence-corrected chi connectivity index (χ1v) is 12.7. The van der Waals surface area contributed by atoms with Crippen molar-refractivity contribution < 1.29 is 0 Å². The molecule has 4 rings (SSSR count). The van der Waals surface area contributed by atoms with E-state index in [1.807, 2.05) is 0 Å². The van der Waals surface area contributed by atoms with Crippen molar-refractivity contribution in [3.05, 3.63) is 94.4 Å². The van der Waals surface area contributed by atoms with E-state index in [-0.39, 0.29) is 5.92 Å². The summed E-state index contributed by atoms with van der Waals surface area (Å²) >= 11 is 0. The number of allylic oxidation sites excluding steroid dienone is 6. The normalized spacial score (nSPS) is 17.7. The Morgan fingerprint density at radius 1 is 0.879 bits per heavy atom. The molecule has 2 aliphatic rings. The molecule has 0 fully saturated rings. The molecule has 0 saturated carbocycles. The highest BCUT2D eigenvalue weighted by Gasteiger charge is 2.18. The van der Waals surface area contributed by atoms with E-state index in [1.54, 1.807) is 0 Å². The first-order valence-electron chi connectivity index (χ1n) is 12.7. The topological polar surface area (TPSA) is 23.8 Å². The quantitative estimate of drug-likeness (QED) is 0.360. The summed E-state index contributed by atoms with van der Waals surface area (Å²) in [4.78, 5) is 0. The Balaban J connectivity index is 1.59. The van der Waals surface area contributed by atoms with Crippen LogP contribution in [0.1, 0.15) is 75.8 Å². The molecular weight excluding hydrogens is 398 g/mol. The van der Waals surface area contributed by atoms with Gasteiger partial charge in [-0.1, -0.05) is 118 Å². The minimum atomic E-state index is 0.159. The van der Waals surface area contributed by atoms with Crippen LogP contribution >= 0.6 is 0 Å². The molecule has 2 aromatic carbocycles. The zero-order valence-electron chi connectivity index (χ0n) is 19.9. The number of benzene rings is 2. The van der Waals surface area contributed by atoms with E-state index in [2.05, 4.69) is 91.9 Å². The van der Waals surface area contributed by atoms with Crippen LogP contribution in [0.4, 0.5) is 0 Å². The van der Waals surface area contributed by atoms with Gasteiger partial charge in [0.05, 0.1) is 6.07 Å². The lowest BCUT2D eigenvalue weighted by atomic mass is 9.99. The molecule has 0 saturated heterocycles. The maximum absolute atomic E-state index is 9.20. The van der Waals surface area contributed by atoms with Gasteiger partial charge in [0, 0.05) is 12.3 Å². The van der Waals surface area contributed by atoms with Crippen molar-refractivity contribution in [2.75, 3.05) is 0 Å². The minimum Gasteiger partial charge on any atom is -0.198 e. The number of hydrogen-bond acceptors (Lipinski definition) is 1. The second kappa shape index (κ2) is 11.7. The second-order valence-electron chi connectivity index (χ2n) is 9.28. The largest absolute Gasteiger partial charge is 0.198 e. The molecule has 1 atom stereocenters. The molecule has 168 valence electrons. The first-order chi connectivity index (χ1) is 16.3. The standard InChI is InChI=1S/C32H35N/c1-2-3-4-5-6-7-8-13-27-23-29(32-17-12-11-16-31(27)32)24-28-19-18-25(20-21-33)22-26-14-9-10-15-30(26)28/h9-12,14-19,22-25H,2-8,13,20H2,1H3/b29-24+. The maximum atomic E-state index is 9.20. The molecule has 1 heteroatoms. The van der Waals surface area contributed by atoms with Gasteiger partial charge in [-0.15, -0.1) is 0 Å². The molecule has 0 heterocycles. The van der Waals surface area contributed by atoms with Crippen LogP contribution in [0.3, 0.4) is 0 Å². The molecule has 0 radical (unpaired) electrons. The number of unbranched alkanes of at least 4 members (excludes halogenated alkanes) is 6. The third-order valence-electron chi connectivity index (χ3n) is 6.79. The average Bonchev–Trinajstić information content (AvgIpc) is 3.08. The van der Waals surface area contributed by atoms with Gasteiger partial charge in [0.25, 0.3) is 0 Å². The van der Waals surface area contributed by atoms with Gasteiger partial charge in [0.2, 0.25) is 0 Å². The number of nitriles is 1. The van der Waals surface area contributed by atoms with Crippen molar-refractivity contribution in [2.45, 2.75) is 64.7 Å². The fourth-order valence-electron chi connectivity index (χ4n) is 4.99. The molecule has 2 aliphatic carbocycles. The summed E-state index contributed by atoms with van der Waals surface area (Å²) < 4.78 is 0. The number of hydrogen-bond donors (Lipinski definition) is 0. The fourth-order valence-corrected chi connectivity index (χ4v) is 4.99. The molecule has 0 bridgehead atoms. The lowest BCUT2D eigenvalue weighted by molar-refractivity contribution is 0.594. The zero-order chi connectivity index (χ0) is 22.9. The summed E-state index contributed by atoms with van der Waals surface area (Å²) in [6.45, 7) is 2.28. The van der Waals surface area contributed by atoms with Crippen LogP contribution in [0.15, 0.2) is 72.8 Å². The van der Waals surface area contributed by atoms with Gasteiger partial charge >= 0.3 is 0 Å².